The molecule has 1 aliphatic carbocycles. The number of anilines is 1. The zero-order valence-corrected chi connectivity index (χ0v) is 24.5. The Morgan fingerprint density at radius 2 is 2.00 bits per heavy atom. The molecule has 11 nitrogen and oxygen atoms in total. The van der Waals surface area contributed by atoms with Crippen molar-refractivity contribution in [2.45, 2.75) is 51.2 Å². The number of ether oxygens (including phenoxy) is 1. The Morgan fingerprint density at radius 1 is 1.20 bits per heavy atom. The fourth-order valence-electron chi connectivity index (χ4n) is 5.24. The molecule has 1 saturated carbocycles. The summed E-state index contributed by atoms with van der Waals surface area (Å²) in [7, 11) is 0.223. The highest BCUT2D eigenvalue weighted by Gasteiger charge is 2.24. The summed E-state index contributed by atoms with van der Waals surface area (Å²) in [6, 6.07) is 9.72. The number of likely N-dealkylation sites (N-methyl/N-ethyl adjacent to an activating group) is 1. The molecule has 0 saturated heterocycles. The molecule has 0 bridgehead atoms. The molecule has 1 fully saturated rings. The molecular weight excluding hydrogens is 542 g/mol. The molecule has 12 heteroatoms. The van der Waals surface area contributed by atoms with Gasteiger partial charge in [-0.25, -0.2) is 32.3 Å². The third kappa shape index (κ3) is 6.34. The van der Waals surface area contributed by atoms with Gasteiger partial charge in [-0.1, -0.05) is 31.4 Å². The molecule has 1 unspecified atom stereocenters. The number of nitrogens with zero attached hydrogens (tertiary/aromatic N) is 6. The molecule has 2 N–H and O–H groups in total. The van der Waals surface area contributed by atoms with Gasteiger partial charge in [0.1, 0.15) is 30.6 Å². The minimum absolute atomic E-state index is 0.0687. The highest BCUT2D eigenvalue weighted by atomic mass is 32.2. The van der Waals surface area contributed by atoms with Crippen LogP contribution in [0.1, 0.15) is 39.0 Å². The maximum atomic E-state index is 12.9. The van der Waals surface area contributed by atoms with Crippen molar-refractivity contribution in [3.05, 3.63) is 49.1 Å². The van der Waals surface area contributed by atoms with E-state index in [0.29, 0.717) is 46.5 Å². The lowest BCUT2D eigenvalue weighted by atomic mass is 9.94. The fraction of sp³-hybridized carbons (Fsp3) is 0.448. The van der Waals surface area contributed by atoms with Gasteiger partial charge in [-0.05, 0) is 38.9 Å². The van der Waals surface area contributed by atoms with Crippen molar-refractivity contribution in [1.82, 2.24) is 29.2 Å². The number of fused-ring (bicyclic) bond motifs is 1. The van der Waals surface area contributed by atoms with Gasteiger partial charge in [-0.3, -0.25) is 0 Å². The van der Waals surface area contributed by atoms with Crippen LogP contribution in [0.25, 0.3) is 33.7 Å². The van der Waals surface area contributed by atoms with Gasteiger partial charge in [0.15, 0.2) is 11.5 Å². The van der Waals surface area contributed by atoms with E-state index in [1.165, 1.54) is 29.6 Å². The van der Waals surface area contributed by atoms with Crippen LogP contribution in [0.15, 0.2) is 49.1 Å². The first-order valence-corrected chi connectivity index (χ1v) is 15.6. The molecule has 218 valence electrons. The number of nitrogens with one attached hydrogen (secondary N) is 1. The number of hydrogen-bond donors (Lipinski definition) is 2. The summed E-state index contributed by atoms with van der Waals surface area (Å²) >= 11 is 0. The highest BCUT2D eigenvalue weighted by Crippen LogP contribution is 2.34. The van der Waals surface area contributed by atoms with Crippen molar-refractivity contribution in [3.8, 4) is 28.4 Å². The summed E-state index contributed by atoms with van der Waals surface area (Å²) < 4.78 is 32.9. The van der Waals surface area contributed by atoms with E-state index in [2.05, 4.69) is 27.2 Å². The van der Waals surface area contributed by atoms with Crippen LogP contribution in [0, 0.1) is 0 Å². The number of aliphatic hydroxyl groups is 1. The Bertz CT molecular complexity index is 1600. The summed E-state index contributed by atoms with van der Waals surface area (Å²) in [5.74, 6) is 1.76. The predicted molar refractivity (Wildman–Crippen MR) is 160 cm³/mol. The second kappa shape index (κ2) is 12.5. The topological polar surface area (TPSA) is 135 Å². The van der Waals surface area contributed by atoms with Crippen molar-refractivity contribution >= 4 is 26.9 Å². The monoisotopic (exact) mass is 579 g/mol. The smallest absolute Gasteiger partial charge is 0.239 e. The summed E-state index contributed by atoms with van der Waals surface area (Å²) in [6.07, 6.45) is 9.69. The number of benzene rings is 1. The Morgan fingerprint density at radius 3 is 2.76 bits per heavy atom. The lowest BCUT2D eigenvalue weighted by Crippen LogP contribution is -2.34. The largest absolute Gasteiger partial charge is 0.491 e. The second-order valence-corrected chi connectivity index (χ2v) is 12.5. The van der Waals surface area contributed by atoms with Gasteiger partial charge in [-0.2, -0.15) is 0 Å². The van der Waals surface area contributed by atoms with Crippen LogP contribution < -0.4 is 15.0 Å². The van der Waals surface area contributed by atoms with E-state index in [1.54, 1.807) is 26.4 Å². The zero-order valence-electron chi connectivity index (χ0n) is 23.7. The van der Waals surface area contributed by atoms with E-state index in [-0.39, 0.29) is 12.4 Å². The van der Waals surface area contributed by atoms with Crippen LogP contribution in [-0.4, -0.2) is 82.6 Å². The van der Waals surface area contributed by atoms with E-state index < -0.39 is 16.1 Å². The first-order chi connectivity index (χ1) is 19.8. The molecule has 41 heavy (non-hydrogen) atoms. The molecule has 5 rings (SSSR count). The van der Waals surface area contributed by atoms with E-state index in [0.717, 1.165) is 24.2 Å². The Kier molecular flexibility index (Phi) is 8.81. The molecule has 1 aromatic carbocycles. The normalized spacial score (nSPS) is 15.2. The lowest BCUT2D eigenvalue weighted by molar-refractivity contribution is 0.108. The average molecular weight is 580 g/mol. The van der Waals surface area contributed by atoms with Gasteiger partial charge in [0.25, 0.3) is 0 Å². The minimum atomic E-state index is -3.61. The third-order valence-corrected chi connectivity index (χ3v) is 9.16. The first-order valence-electron chi connectivity index (χ1n) is 14.0. The van der Waals surface area contributed by atoms with Gasteiger partial charge in [-0.15, -0.1) is 0 Å². The average Bonchev–Trinajstić information content (AvgIpc) is 3.41. The van der Waals surface area contributed by atoms with Crippen LogP contribution in [0.2, 0.25) is 0 Å². The number of rotatable bonds is 11. The Hall–Kier alpha value is -3.61. The molecular formula is C29H37N7O4S. The van der Waals surface area contributed by atoms with Crippen LogP contribution in [-0.2, 0) is 10.0 Å². The molecule has 0 amide bonds. The van der Waals surface area contributed by atoms with Crippen molar-refractivity contribution in [1.29, 1.82) is 0 Å². The number of aliphatic hydroxyl groups excluding tert-OH is 1. The molecule has 3 heterocycles. The quantitative estimate of drug-likeness (QED) is 0.272. The summed E-state index contributed by atoms with van der Waals surface area (Å²) in [5.41, 5.74) is 2.25. The van der Waals surface area contributed by atoms with Crippen LogP contribution in [0.4, 0.5) is 5.82 Å². The standard InChI is InChI=1S/C29H37N7O4S/c1-4-41(38,39)36-17-25(24-16-31-19-32-29(24)36)26-14-27(35(3)21-10-6-5-7-11-21)34-28(33-26)20-9-8-12-23(13-20)40-18-22(37)15-30-2/h8-9,12-14,16-17,19,21-22,30,37H,4-7,10-11,15,18H2,1-3H3. The van der Waals surface area contributed by atoms with Gasteiger partial charge in [0.2, 0.25) is 10.0 Å². The number of aromatic nitrogens is 5. The first kappa shape index (κ1) is 28.9. The molecule has 4 aromatic rings. The number of hydrogen-bond acceptors (Lipinski definition) is 10. The SMILES string of the molecule is CCS(=O)(=O)n1cc(-c2cc(N(C)C3CCCCC3)nc(-c3cccc(OCC(O)CNC)c3)n2)c2cncnc21. The summed E-state index contributed by atoms with van der Waals surface area (Å²) in [4.78, 5) is 20.6. The molecule has 1 atom stereocenters. The van der Waals surface area contributed by atoms with E-state index in [9.17, 15) is 13.5 Å². The van der Waals surface area contributed by atoms with Crippen molar-refractivity contribution < 1.29 is 18.3 Å². The van der Waals surface area contributed by atoms with Gasteiger partial charge in [0.05, 0.1) is 11.4 Å². The Labute approximate surface area is 240 Å². The molecule has 1 aliphatic rings. The van der Waals surface area contributed by atoms with E-state index in [1.807, 2.05) is 30.3 Å². The lowest BCUT2D eigenvalue weighted by Gasteiger charge is -2.32. The van der Waals surface area contributed by atoms with Gasteiger partial charge in [0, 0.05) is 54.6 Å². The van der Waals surface area contributed by atoms with Gasteiger partial charge < -0.3 is 20.1 Å². The zero-order chi connectivity index (χ0) is 29.0. The second-order valence-electron chi connectivity index (χ2n) is 10.4. The van der Waals surface area contributed by atoms with Crippen molar-refractivity contribution in [2.24, 2.45) is 0 Å². The van der Waals surface area contributed by atoms with E-state index >= 15 is 0 Å². The predicted octanol–water partition coefficient (Wildman–Crippen LogP) is 3.48. The molecule has 0 spiro atoms. The molecule has 3 aromatic heterocycles. The maximum absolute atomic E-state index is 12.9. The van der Waals surface area contributed by atoms with Crippen LogP contribution in [0.3, 0.4) is 0 Å². The van der Waals surface area contributed by atoms with Crippen molar-refractivity contribution in [3.63, 3.8) is 0 Å². The van der Waals surface area contributed by atoms with Crippen LogP contribution in [0.5, 0.6) is 5.75 Å². The fourth-order valence-corrected chi connectivity index (χ4v) is 6.19. The van der Waals surface area contributed by atoms with E-state index in [4.69, 9.17) is 14.7 Å². The maximum Gasteiger partial charge on any atom is 0.239 e. The van der Waals surface area contributed by atoms with Crippen LogP contribution >= 0.6 is 0 Å². The molecule has 0 radical (unpaired) electrons. The minimum Gasteiger partial charge on any atom is -0.491 e. The Balaban J connectivity index is 1.62. The van der Waals surface area contributed by atoms with Gasteiger partial charge >= 0.3 is 0 Å². The highest BCUT2D eigenvalue weighted by molar-refractivity contribution is 7.90. The molecule has 0 aliphatic heterocycles. The van der Waals surface area contributed by atoms with Crippen molar-refractivity contribution in [2.75, 3.05) is 37.9 Å². The third-order valence-electron chi connectivity index (χ3n) is 7.55. The summed E-state index contributed by atoms with van der Waals surface area (Å²) in [5, 5.41) is 13.6. The summed E-state index contributed by atoms with van der Waals surface area (Å²) in [6.45, 7) is 2.17.